The van der Waals surface area contributed by atoms with E-state index in [0.29, 0.717) is 13.0 Å². The fourth-order valence-electron chi connectivity index (χ4n) is 3.07. The summed E-state index contributed by atoms with van der Waals surface area (Å²) in [7, 11) is 2.01. The number of rotatable bonds is 4. The molecule has 1 aliphatic rings. The van der Waals surface area contributed by atoms with Gasteiger partial charge >= 0.3 is 0 Å². The molecule has 1 heterocycles. The zero-order valence-electron chi connectivity index (χ0n) is 13.9. The number of benzene rings is 2. The molecule has 24 heavy (non-hydrogen) atoms. The molecule has 2 aromatic rings. The molecule has 0 spiro atoms. The second-order valence-electron chi connectivity index (χ2n) is 6.26. The van der Waals surface area contributed by atoms with Crippen molar-refractivity contribution in [2.45, 2.75) is 25.3 Å². The zero-order chi connectivity index (χ0) is 16.9. The lowest BCUT2D eigenvalue weighted by Gasteiger charge is -2.24. The third-order valence-corrected chi connectivity index (χ3v) is 4.39. The highest BCUT2D eigenvalue weighted by Gasteiger charge is 2.33. The van der Waals surface area contributed by atoms with E-state index in [2.05, 4.69) is 5.32 Å². The highest BCUT2D eigenvalue weighted by molar-refractivity contribution is 6.32. The van der Waals surface area contributed by atoms with Crippen LogP contribution in [0.5, 0.6) is 0 Å². The molecule has 3 rings (SSSR count). The van der Waals surface area contributed by atoms with Crippen LogP contribution in [0, 0.1) is 0 Å². The third-order valence-electron chi connectivity index (χ3n) is 4.39. The fraction of sp³-hybridized carbons (Fsp3) is 0.263. The number of amides is 2. The van der Waals surface area contributed by atoms with E-state index >= 15 is 0 Å². The summed E-state index contributed by atoms with van der Waals surface area (Å²) in [5, 5.41) is 2.93. The van der Waals surface area contributed by atoms with Crippen LogP contribution in [0.4, 0.5) is 5.69 Å². The summed E-state index contributed by atoms with van der Waals surface area (Å²) in [6.45, 7) is 0.650. The van der Waals surface area contributed by atoms with Gasteiger partial charge in [0.05, 0.1) is 6.42 Å². The largest absolute Gasteiger partial charge is 0.330 e. The van der Waals surface area contributed by atoms with Crippen molar-refractivity contribution in [1.82, 2.24) is 4.90 Å². The first kappa shape index (κ1) is 16.3. The Kier molecular flexibility index (Phi) is 4.99. The van der Waals surface area contributed by atoms with Gasteiger partial charge < -0.3 is 10.2 Å². The van der Waals surface area contributed by atoms with E-state index in [1.54, 1.807) is 4.90 Å². The number of nitrogens with one attached hydrogen (secondary N) is 1. The Morgan fingerprint density at radius 2 is 1.79 bits per heavy atom. The first-order valence-corrected chi connectivity index (χ1v) is 8.34. The minimum Gasteiger partial charge on any atom is -0.330 e. The van der Waals surface area contributed by atoms with E-state index in [0.717, 1.165) is 29.6 Å². The van der Waals surface area contributed by atoms with Crippen LogP contribution in [-0.4, -0.2) is 37.1 Å². The van der Waals surface area contributed by atoms with Gasteiger partial charge in [0.15, 0.2) is 0 Å². The van der Waals surface area contributed by atoms with Crippen molar-refractivity contribution in [3.63, 3.8) is 0 Å². The maximum absolute atomic E-state index is 12.6. The lowest BCUT2D eigenvalue weighted by atomic mass is 9.96. The van der Waals surface area contributed by atoms with Gasteiger partial charge in [0, 0.05) is 12.2 Å². The van der Waals surface area contributed by atoms with Crippen molar-refractivity contribution in [2.75, 3.05) is 11.9 Å². The molecule has 122 valence electrons. The molecule has 1 N–H and O–H groups in total. The number of likely N-dealkylation sites (tertiary alicyclic amines) is 1. The van der Waals surface area contributed by atoms with Gasteiger partial charge in [-0.1, -0.05) is 47.9 Å². The van der Waals surface area contributed by atoms with Gasteiger partial charge in [-0.15, -0.1) is 0 Å². The molecule has 0 saturated carbocycles. The normalized spacial score (nSPS) is 16.8. The Balaban J connectivity index is 1.65. The Morgan fingerprint density at radius 1 is 1.08 bits per heavy atom. The Labute approximate surface area is 143 Å². The smallest absolute Gasteiger partial charge is 0.247 e. The maximum Gasteiger partial charge on any atom is 0.247 e. The van der Waals surface area contributed by atoms with Crippen LogP contribution < -0.4 is 10.8 Å². The van der Waals surface area contributed by atoms with Gasteiger partial charge in [-0.2, -0.15) is 0 Å². The molecule has 0 bridgehead atoms. The highest BCUT2D eigenvalue weighted by atomic mass is 16.2. The van der Waals surface area contributed by atoms with Crippen molar-refractivity contribution in [2.24, 2.45) is 0 Å². The summed E-state index contributed by atoms with van der Waals surface area (Å²) in [6.07, 6.45) is 1.93. The fourth-order valence-corrected chi connectivity index (χ4v) is 3.07. The van der Waals surface area contributed by atoms with Gasteiger partial charge in [-0.25, -0.2) is 0 Å². The lowest BCUT2D eigenvalue weighted by molar-refractivity contribution is -0.136. The molecule has 2 amide bonds. The van der Waals surface area contributed by atoms with E-state index < -0.39 is 0 Å². The molecule has 1 atom stereocenters. The van der Waals surface area contributed by atoms with Crippen molar-refractivity contribution >= 4 is 30.8 Å². The van der Waals surface area contributed by atoms with Crippen LogP contribution in [0.3, 0.4) is 0 Å². The van der Waals surface area contributed by atoms with Gasteiger partial charge in [-0.05, 0) is 30.5 Å². The monoisotopic (exact) mass is 320 g/mol. The zero-order valence-corrected chi connectivity index (χ0v) is 13.9. The first-order chi connectivity index (χ1) is 11.6. The summed E-state index contributed by atoms with van der Waals surface area (Å²) < 4.78 is 0. The molecular weight excluding hydrogens is 299 g/mol. The minimum atomic E-state index is -0.373. The lowest BCUT2D eigenvalue weighted by Crippen LogP contribution is -2.43. The highest BCUT2D eigenvalue weighted by Crippen LogP contribution is 2.20. The Bertz CT molecular complexity index is 716. The SMILES string of the molecule is Bc1ccc(NC(=O)[C@@H]2CCCN2C(=O)Cc2ccccc2)cc1. The van der Waals surface area contributed by atoms with Crippen LogP contribution in [0.1, 0.15) is 18.4 Å². The van der Waals surface area contributed by atoms with Crippen LogP contribution in [0.25, 0.3) is 0 Å². The van der Waals surface area contributed by atoms with Crippen LogP contribution in [-0.2, 0) is 16.0 Å². The second-order valence-corrected chi connectivity index (χ2v) is 6.26. The van der Waals surface area contributed by atoms with E-state index in [9.17, 15) is 9.59 Å². The summed E-state index contributed by atoms with van der Waals surface area (Å²) in [5.41, 5.74) is 2.90. The van der Waals surface area contributed by atoms with Gasteiger partial charge in [-0.3, -0.25) is 9.59 Å². The first-order valence-electron chi connectivity index (χ1n) is 8.34. The van der Waals surface area contributed by atoms with Crippen LogP contribution >= 0.6 is 0 Å². The molecule has 1 aliphatic heterocycles. The molecule has 1 saturated heterocycles. The van der Waals surface area contributed by atoms with Gasteiger partial charge in [0.2, 0.25) is 11.8 Å². The molecule has 1 fully saturated rings. The van der Waals surface area contributed by atoms with E-state index in [1.807, 2.05) is 62.4 Å². The quantitative estimate of drug-likeness (QED) is 0.858. The summed E-state index contributed by atoms with van der Waals surface area (Å²) in [5.74, 6) is -0.0829. The van der Waals surface area contributed by atoms with Crippen molar-refractivity contribution < 1.29 is 9.59 Å². The minimum absolute atomic E-state index is 0.0164. The van der Waals surface area contributed by atoms with Gasteiger partial charge in [0.1, 0.15) is 13.9 Å². The number of carbonyl (C=O) groups excluding carboxylic acids is 2. The summed E-state index contributed by atoms with van der Waals surface area (Å²) >= 11 is 0. The average molecular weight is 320 g/mol. The van der Waals surface area contributed by atoms with Crippen molar-refractivity contribution in [3.8, 4) is 0 Å². The molecule has 4 nitrogen and oxygen atoms in total. The molecule has 0 aliphatic carbocycles. The standard InChI is InChI=1S/C19H21BN2O2/c20-15-8-10-16(11-9-15)21-19(24)17-7-4-12-22(17)18(23)13-14-5-2-1-3-6-14/h1-3,5-6,8-11,17H,4,7,12-13,20H2,(H,21,24)/t17-/m0/s1. The van der Waals surface area contributed by atoms with Gasteiger partial charge in [0.25, 0.3) is 0 Å². The molecule has 5 heteroatoms. The molecule has 0 radical (unpaired) electrons. The number of anilines is 1. The summed E-state index contributed by atoms with van der Waals surface area (Å²) in [4.78, 5) is 26.9. The van der Waals surface area contributed by atoms with Crippen LogP contribution in [0.15, 0.2) is 54.6 Å². The number of hydrogen-bond acceptors (Lipinski definition) is 2. The third kappa shape index (κ3) is 3.85. The predicted octanol–water partition coefficient (Wildman–Crippen LogP) is 1.12. The Morgan fingerprint density at radius 3 is 2.50 bits per heavy atom. The molecular formula is C19H21BN2O2. The maximum atomic E-state index is 12.6. The number of carbonyl (C=O) groups is 2. The predicted molar refractivity (Wildman–Crippen MR) is 98.1 cm³/mol. The van der Waals surface area contributed by atoms with E-state index in [4.69, 9.17) is 0 Å². The summed E-state index contributed by atoms with van der Waals surface area (Å²) in [6, 6.07) is 17.0. The molecule has 0 aromatic heterocycles. The van der Waals surface area contributed by atoms with Crippen LogP contribution in [0.2, 0.25) is 0 Å². The van der Waals surface area contributed by atoms with Crippen molar-refractivity contribution in [1.29, 1.82) is 0 Å². The number of nitrogens with zero attached hydrogens (tertiary/aromatic N) is 1. The molecule has 2 aromatic carbocycles. The van der Waals surface area contributed by atoms with E-state index in [-0.39, 0.29) is 17.9 Å². The second kappa shape index (κ2) is 7.34. The molecule has 0 unspecified atom stereocenters. The topological polar surface area (TPSA) is 49.4 Å². The number of hydrogen-bond donors (Lipinski definition) is 1. The Hall–Kier alpha value is -2.56. The average Bonchev–Trinajstić information content (AvgIpc) is 3.08. The van der Waals surface area contributed by atoms with Crippen molar-refractivity contribution in [3.05, 3.63) is 60.2 Å². The van der Waals surface area contributed by atoms with E-state index in [1.165, 1.54) is 0 Å².